The summed E-state index contributed by atoms with van der Waals surface area (Å²) in [5.74, 6) is 0. The first-order chi connectivity index (χ1) is 8.62. The molecule has 0 aromatic heterocycles. The molecule has 0 atom stereocenters. The van der Waals surface area contributed by atoms with Crippen LogP contribution in [-0.2, 0) is 48.8 Å². The summed E-state index contributed by atoms with van der Waals surface area (Å²) in [6, 6.07) is 0. The van der Waals surface area contributed by atoms with Gasteiger partial charge < -0.3 is 0 Å². The van der Waals surface area contributed by atoms with Gasteiger partial charge in [-0.25, -0.2) is 0 Å². The van der Waals surface area contributed by atoms with Crippen molar-refractivity contribution in [2.45, 2.75) is 0 Å². The SMILES string of the molecule is O=S(=O)(O)CS(=O)(=O)OCCOS(=O)(=O)CS(=O)(=O)O. The molecule has 0 fully saturated rings. The molecule has 0 aromatic carbocycles. The highest BCUT2D eigenvalue weighted by Crippen LogP contribution is 2.01. The van der Waals surface area contributed by atoms with Crippen molar-refractivity contribution in [3.63, 3.8) is 0 Å². The fourth-order valence-electron chi connectivity index (χ4n) is 0.755. The minimum atomic E-state index is -4.86. The Morgan fingerprint density at radius 3 is 1.05 bits per heavy atom. The maximum absolute atomic E-state index is 10.9. The van der Waals surface area contributed by atoms with Gasteiger partial charge in [-0.1, -0.05) is 0 Å². The van der Waals surface area contributed by atoms with Crippen molar-refractivity contribution in [1.82, 2.24) is 0 Å². The van der Waals surface area contributed by atoms with E-state index < -0.39 is 63.9 Å². The third-order valence-corrected chi connectivity index (χ3v) is 6.94. The van der Waals surface area contributed by atoms with Gasteiger partial charge in [-0.05, 0) is 0 Å². The summed E-state index contributed by atoms with van der Waals surface area (Å²) in [6.07, 6.45) is 0. The molecule has 0 aromatic rings. The van der Waals surface area contributed by atoms with Crippen LogP contribution in [0.5, 0.6) is 0 Å². The zero-order valence-corrected chi connectivity index (χ0v) is 12.7. The van der Waals surface area contributed by atoms with Crippen LogP contribution in [0.4, 0.5) is 0 Å². The molecule has 0 saturated carbocycles. The minimum absolute atomic E-state index is 0.956. The smallest absolute Gasteiger partial charge is 0.284 e. The molecular formula is C4H10O12S4. The second-order valence-electron chi connectivity index (χ2n) is 3.16. The fourth-order valence-corrected chi connectivity index (χ4v) is 4.86. The van der Waals surface area contributed by atoms with E-state index in [9.17, 15) is 33.7 Å². The Morgan fingerprint density at radius 2 is 0.850 bits per heavy atom. The molecule has 0 radical (unpaired) electrons. The largest absolute Gasteiger partial charge is 0.285 e. The van der Waals surface area contributed by atoms with E-state index in [-0.39, 0.29) is 0 Å². The van der Waals surface area contributed by atoms with Crippen molar-refractivity contribution < 1.29 is 51.1 Å². The van der Waals surface area contributed by atoms with Crippen LogP contribution in [0.15, 0.2) is 0 Å². The van der Waals surface area contributed by atoms with Gasteiger partial charge in [0.1, 0.15) is 0 Å². The molecule has 0 amide bonds. The summed E-state index contributed by atoms with van der Waals surface area (Å²) in [5.41, 5.74) is 0. The maximum atomic E-state index is 10.9. The Morgan fingerprint density at radius 1 is 0.600 bits per heavy atom. The second-order valence-corrected chi connectivity index (χ2v) is 10.1. The van der Waals surface area contributed by atoms with Gasteiger partial charge in [0.2, 0.25) is 10.2 Å². The van der Waals surface area contributed by atoms with Gasteiger partial charge in [0.25, 0.3) is 40.5 Å². The van der Waals surface area contributed by atoms with Crippen LogP contribution in [0, 0.1) is 0 Å². The molecule has 16 heteroatoms. The Balaban J connectivity index is 4.35. The molecule has 0 unspecified atom stereocenters. The van der Waals surface area contributed by atoms with E-state index in [1.165, 1.54) is 0 Å². The minimum Gasteiger partial charge on any atom is -0.285 e. The molecule has 122 valence electrons. The maximum Gasteiger partial charge on any atom is 0.284 e. The Kier molecular flexibility index (Phi) is 6.48. The molecule has 2 N–H and O–H groups in total. The number of hydrogen-bond donors (Lipinski definition) is 2. The Labute approximate surface area is 115 Å². The lowest BCUT2D eigenvalue weighted by molar-refractivity contribution is 0.226. The highest BCUT2D eigenvalue weighted by Gasteiger charge is 2.23. The lowest BCUT2D eigenvalue weighted by atomic mass is 10.8. The van der Waals surface area contributed by atoms with Gasteiger partial charge in [-0.2, -0.15) is 33.7 Å². The summed E-state index contributed by atoms with van der Waals surface area (Å²) < 4.78 is 109. The van der Waals surface area contributed by atoms with Crippen LogP contribution < -0.4 is 0 Å². The van der Waals surface area contributed by atoms with Gasteiger partial charge in [0, 0.05) is 0 Å². The second kappa shape index (κ2) is 6.60. The highest BCUT2D eigenvalue weighted by atomic mass is 32.3. The van der Waals surface area contributed by atoms with Gasteiger partial charge in [-0.15, -0.1) is 0 Å². The lowest BCUT2D eigenvalue weighted by Gasteiger charge is -2.05. The summed E-state index contributed by atoms with van der Waals surface area (Å²) >= 11 is 0. The molecular weight excluding hydrogens is 368 g/mol. The van der Waals surface area contributed by atoms with Crippen molar-refractivity contribution in [1.29, 1.82) is 0 Å². The summed E-state index contributed by atoms with van der Waals surface area (Å²) in [6.45, 7) is -1.91. The van der Waals surface area contributed by atoms with Crippen LogP contribution >= 0.6 is 0 Å². The molecule has 0 aliphatic carbocycles. The third kappa shape index (κ3) is 11.5. The average Bonchev–Trinajstić information content (AvgIpc) is 2.04. The molecule has 0 rings (SSSR count). The first-order valence-electron chi connectivity index (χ1n) is 4.26. The van der Waals surface area contributed by atoms with Crippen LogP contribution in [0.25, 0.3) is 0 Å². The molecule has 0 spiro atoms. The van der Waals surface area contributed by atoms with Crippen molar-refractivity contribution >= 4 is 40.5 Å². The molecule has 20 heavy (non-hydrogen) atoms. The summed E-state index contributed by atoms with van der Waals surface area (Å²) in [5, 5.41) is -3.48. The molecule has 0 aliphatic heterocycles. The van der Waals surface area contributed by atoms with E-state index in [2.05, 4.69) is 8.37 Å². The van der Waals surface area contributed by atoms with Gasteiger partial charge in [-0.3, -0.25) is 17.5 Å². The first-order valence-corrected chi connectivity index (χ1v) is 10.6. The average molecular weight is 378 g/mol. The van der Waals surface area contributed by atoms with Gasteiger partial charge in [0.05, 0.1) is 13.2 Å². The van der Waals surface area contributed by atoms with Gasteiger partial charge >= 0.3 is 0 Å². The van der Waals surface area contributed by atoms with Crippen LogP contribution in [0.2, 0.25) is 0 Å². The standard InChI is InChI=1S/C4H10O12S4/c5-17(6,7)3-19(11,12)15-1-2-16-20(13,14)4-18(8,9)10/h1-4H2,(H,5,6,7)(H,8,9,10). The van der Waals surface area contributed by atoms with E-state index in [0.29, 0.717) is 0 Å². The third-order valence-electron chi connectivity index (χ3n) is 1.20. The van der Waals surface area contributed by atoms with Crippen molar-refractivity contribution in [2.75, 3.05) is 23.4 Å². The van der Waals surface area contributed by atoms with Crippen LogP contribution in [0.1, 0.15) is 0 Å². The molecule has 0 saturated heterocycles. The van der Waals surface area contributed by atoms with E-state index in [0.717, 1.165) is 0 Å². The van der Waals surface area contributed by atoms with Gasteiger partial charge in [0.15, 0.2) is 0 Å². The predicted molar refractivity (Wildman–Crippen MR) is 62.6 cm³/mol. The highest BCUT2D eigenvalue weighted by molar-refractivity contribution is 8.03. The van der Waals surface area contributed by atoms with Crippen molar-refractivity contribution in [3.8, 4) is 0 Å². The van der Waals surface area contributed by atoms with Crippen LogP contribution in [0.3, 0.4) is 0 Å². The fraction of sp³-hybridized carbons (Fsp3) is 1.00. The number of rotatable bonds is 9. The van der Waals surface area contributed by atoms with Crippen molar-refractivity contribution in [2.24, 2.45) is 0 Å². The zero-order chi connectivity index (χ0) is 16.2. The normalized spacial score (nSPS) is 14.3. The topological polar surface area (TPSA) is 195 Å². The lowest BCUT2D eigenvalue weighted by Crippen LogP contribution is -2.23. The van der Waals surface area contributed by atoms with E-state index in [1.54, 1.807) is 0 Å². The molecule has 0 bridgehead atoms. The zero-order valence-electron chi connectivity index (χ0n) is 9.44. The summed E-state index contributed by atoms with van der Waals surface area (Å²) in [4.78, 5) is 0. The van der Waals surface area contributed by atoms with E-state index in [1.807, 2.05) is 0 Å². The van der Waals surface area contributed by atoms with Crippen LogP contribution in [-0.4, -0.2) is 66.2 Å². The van der Waals surface area contributed by atoms with E-state index in [4.69, 9.17) is 9.11 Å². The Hall–Kier alpha value is -0.360. The Bertz CT molecular complexity index is 655. The monoisotopic (exact) mass is 378 g/mol. The molecule has 12 nitrogen and oxygen atoms in total. The molecule has 0 heterocycles. The number of hydrogen-bond acceptors (Lipinski definition) is 10. The first kappa shape index (κ1) is 19.6. The predicted octanol–water partition coefficient (Wildman–Crippen LogP) is -2.63. The van der Waals surface area contributed by atoms with Crippen molar-refractivity contribution in [3.05, 3.63) is 0 Å². The quantitative estimate of drug-likeness (QED) is 0.241. The van der Waals surface area contributed by atoms with E-state index >= 15 is 0 Å². The molecule has 0 aliphatic rings. The summed E-state index contributed by atoms with van der Waals surface area (Å²) in [7, 11) is -19.1.